The lowest BCUT2D eigenvalue weighted by atomic mass is 9.83. The number of hydrogen-bond donors (Lipinski definition) is 1. The molecule has 1 atom stereocenters. The highest BCUT2D eigenvalue weighted by Crippen LogP contribution is 2.28. The van der Waals surface area contributed by atoms with Gasteiger partial charge in [-0.3, -0.25) is 4.79 Å². The van der Waals surface area contributed by atoms with Gasteiger partial charge >= 0.3 is 5.97 Å². The quantitative estimate of drug-likeness (QED) is 0.827. The SMILES string of the molecule is CCOC(=O)C(C)(CN)Cc1ccc2c(c1)CCC2. The first kappa shape index (κ1) is 14.1. The van der Waals surface area contributed by atoms with E-state index in [0.717, 1.165) is 6.42 Å². The summed E-state index contributed by atoms with van der Waals surface area (Å²) in [5, 5.41) is 0. The van der Waals surface area contributed by atoms with Crippen LogP contribution in [0.3, 0.4) is 0 Å². The predicted octanol–water partition coefficient (Wildman–Crippen LogP) is 2.25. The van der Waals surface area contributed by atoms with Gasteiger partial charge in [0, 0.05) is 6.54 Å². The van der Waals surface area contributed by atoms with E-state index in [1.165, 1.54) is 29.5 Å². The second-order valence-electron chi connectivity index (χ2n) is 5.62. The smallest absolute Gasteiger partial charge is 0.313 e. The minimum Gasteiger partial charge on any atom is -0.466 e. The van der Waals surface area contributed by atoms with Crippen LogP contribution in [0.1, 0.15) is 37.0 Å². The zero-order valence-electron chi connectivity index (χ0n) is 11.9. The standard InChI is InChI=1S/C16H23NO2/c1-3-19-15(18)16(2,11-17)10-12-7-8-13-5-4-6-14(13)9-12/h7-9H,3-6,10-11,17H2,1-2H3. The lowest BCUT2D eigenvalue weighted by Gasteiger charge is -2.25. The molecule has 1 aliphatic rings. The first-order valence-corrected chi connectivity index (χ1v) is 7.07. The summed E-state index contributed by atoms with van der Waals surface area (Å²) in [6.07, 6.45) is 4.23. The van der Waals surface area contributed by atoms with E-state index < -0.39 is 5.41 Å². The Labute approximate surface area is 115 Å². The molecule has 2 N–H and O–H groups in total. The van der Waals surface area contributed by atoms with Gasteiger partial charge in [0.2, 0.25) is 0 Å². The van der Waals surface area contributed by atoms with Gasteiger partial charge in [0.15, 0.2) is 0 Å². The molecule has 104 valence electrons. The fourth-order valence-electron chi connectivity index (χ4n) is 2.72. The number of fused-ring (bicyclic) bond motifs is 1. The number of ether oxygens (including phenoxy) is 1. The first-order chi connectivity index (χ1) is 9.09. The van der Waals surface area contributed by atoms with Crippen LogP contribution in [-0.2, 0) is 28.8 Å². The first-order valence-electron chi connectivity index (χ1n) is 7.07. The molecule has 0 heterocycles. The topological polar surface area (TPSA) is 52.3 Å². The molecule has 0 bridgehead atoms. The third-order valence-corrected chi connectivity index (χ3v) is 3.98. The molecule has 0 aliphatic heterocycles. The van der Waals surface area contributed by atoms with Crippen molar-refractivity contribution < 1.29 is 9.53 Å². The van der Waals surface area contributed by atoms with Crippen molar-refractivity contribution in [3.63, 3.8) is 0 Å². The molecule has 0 radical (unpaired) electrons. The largest absolute Gasteiger partial charge is 0.466 e. The molecule has 0 saturated heterocycles. The molecule has 19 heavy (non-hydrogen) atoms. The maximum atomic E-state index is 12.0. The Balaban J connectivity index is 2.16. The third kappa shape index (κ3) is 2.98. The number of nitrogens with two attached hydrogens (primary N) is 1. The van der Waals surface area contributed by atoms with Crippen LogP contribution in [0.15, 0.2) is 18.2 Å². The lowest BCUT2D eigenvalue weighted by Crippen LogP contribution is -2.39. The van der Waals surface area contributed by atoms with Crippen molar-refractivity contribution in [2.75, 3.05) is 13.2 Å². The molecule has 0 amide bonds. The van der Waals surface area contributed by atoms with Crippen LogP contribution in [0.5, 0.6) is 0 Å². The van der Waals surface area contributed by atoms with E-state index in [9.17, 15) is 4.79 Å². The van der Waals surface area contributed by atoms with Gasteiger partial charge in [-0.2, -0.15) is 0 Å². The molecule has 1 aromatic carbocycles. The van der Waals surface area contributed by atoms with E-state index in [1.807, 2.05) is 13.8 Å². The van der Waals surface area contributed by atoms with E-state index in [4.69, 9.17) is 10.5 Å². The monoisotopic (exact) mass is 261 g/mol. The van der Waals surface area contributed by atoms with Crippen molar-refractivity contribution in [3.8, 4) is 0 Å². The summed E-state index contributed by atoms with van der Waals surface area (Å²) in [6.45, 7) is 4.42. The highest BCUT2D eigenvalue weighted by molar-refractivity contribution is 5.77. The second-order valence-corrected chi connectivity index (χ2v) is 5.62. The fraction of sp³-hybridized carbons (Fsp3) is 0.562. The maximum Gasteiger partial charge on any atom is 0.313 e. The number of carbonyl (C=O) groups excluding carboxylic acids is 1. The Morgan fingerprint density at radius 3 is 2.79 bits per heavy atom. The summed E-state index contributed by atoms with van der Waals surface area (Å²) in [5.41, 5.74) is 9.24. The number of esters is 1. The molecule has 1 unspecified atom stereocenters. The molecule has 1 aromatic rings. The Morgan fingerprint density at radius 2 is 2.11 bits per heavy atom. The van der Waals surface area contributed by atoms with E-state index in [2.05, 4.69) is 18.2 Å². The summed E-state index contributed by atoms with van der Waals surface area (Å²) < 4.78 is 5.14. The highest BCUT2D eigenvalue weighted by atomic mass is 16.5. The summed E-state index contributed by atoms with van der Waals surface area (Å²) in [7, 11) is 0. The van der Waals surface area contributed by atoms with Gasteiger partial charge in [-0.1, -0.05) is 18.2 Å². The van der Waals surface area contributed by atoms with Crippen molar-refractivity contribution in [2.45, 2.75) is 39.5 Å². The van der Waals surface area contributed by atoms with E-state index in [0.29, 0.717) is 19.6 Å². The van der Waals surface area contributed by atoms with Gasteiger partial charge < -0.3 is 10.5 Å². The average molecular weight is 261 g/mol. The fourth-order valence-corrected chi connectivity index (χ4v) is 2.72. The zero-order valence-corrected chi connectivity index (χ0v) is 11.9. The van der Waals surface area contributed by atoms with Crippen LogP contribution >= 0.6 is 0 Å². The van der Waals surface area contributed by atoms with Crippen molar-refractivity contribution >= 4 is 5.97 Å². The minimum absolute atomic E-state index is 0.196. The van der Waals surface area contributed by atoms with Gasteiger partial charge in [0.1, 0.15) is 0 Å². The van der Waals surface area contributed by atoms with E-state index in [1.54, 1.807) is 0 Å². The van der Waals surface area contributed by atoms with Crippen molar-refractivity contribution in [1.29, 1.82) is 0 Å². The third-order valence-electron chi connectivity index (χ3n) is 3.98. The molecule has 0 spiro atoms. The Hall–Kier alpha value is -1.35. The van der Waals surface area contributed by atoms with Gasteiger partial charge in [-0.15, -0.1) is 0 Å². The van der Waals surface area contributed by atoms with Gasteiger partial charge in [0.05, 0.1) is 12.0 Å². The van der Waals surface area contributed by atoms with Crippen LogP contribution in [0.2, 0.25) is 0 Å². The summed E-state index contributed by atoms with van der Waals surface area (Å²) >= 11 is 0. The van der Waals surface area contributed by atoms with Crippen LogP contribution < -0.4 is 5.73 Å². The van der Waals surface area contributed by atoms with Crippen LogP contribution in [0, 0.1) is 5.41 Å². The second kappa shape index (κ2) is 5.74. The molecule has 1 aliphatic carbocycles. The predicted molar refractivity (Wildman–Crippen MR) is 76.0 cm³/mol. The number of hydrogen-bond acceptors (Lipinski definition) is 3. The number of aryl methyl sites for hydroxylation is 2. The summed E-state index contributed by atoms with van der Waals surface area (Å²) in [6, 6.07) is 6.55. The summed E-state index contributed by atoms with van der Waals surface area (Å²) in [4.78, 5) is 12.0. The van der Waals surface area contributed by atoms with Crippen molar-refractivity contribution in [2.24, 2.45) is 11.1 Å². The molecular formula is C16H23NO2. The Kier molecular flexibility index (Phi) is 4.25. The van der Waals surface area contributed by atoms with Crippen LogP contribution in [0.4, 0.5) is 0 Å². The van der Waals surface area contributed by atoms with Crippen LogP contribution in [0.25, 0.3) is 0 Å². The highest BCUT2D eigenvalue weighted by Gasteiger charge is 2.33. The van der Waals surface area contributed by atoms with Crippen LogP contribution in [-0.4, -0.2) is 19.1 Å². The molecular weight excluding hydrogens is 238 g/mol. The molecule has 2 rings (SSSR count). The Bertz CT molecular complexity index is 470. The maximum absolute atomic E-state index is 12.0. The number of benzene rings is 1. The van der Waals surface area contributed by atoms with Gasteiger partial charge in [0.25, 0.3) is 0 Å². The van der Waals surface area contributed by atoms with Crippen molar-refractivity contribution in [1.82, 2.24) is 0 Å². The molecule has 0 aromatic heterocycles. The number of rotatable bonds is 5. The van der Waals surface area contributed by atoms with E-state index in [-0.39, 0.29) is 5.97 Å². The Morgan fingerprint density at radius 1 is 1.37 bits per heavy atom. The zero-order chi connectivity index (χ0) is 13.9. The number of carbonyl (C=O) groups is 1. The van der Waals surface area contributed by atoms with Crippen molar-refractivity contribution in [3.05, 3.63) is 34.9 Å². The lowest BCUT2D eigenvalue weighted by molar-refractivity contribution is -0.153. The molecule has 3 nitrogen and oxygen atoms in total. The van der Waals surface area contributed by atoms with E-state index >= 15 is 0 Å². The van der Waals surface area contributed by atoms with Gasteiger partial charge in [-0.25, -0.2) is 0 Å². The molecule has 3 heteroatoms. The molecule has 0 saturated carbocycles. The summed E-state index contributed by atoms with van der Waals surface area (Å²) in [5.74, 6) is -0.196. The average Bonchev–Trinajstić information content (AvgIpc) is 2.86. The molecule has 0 fully saturated rings. The normalized spacial score (nSPS) is 16.8. The van der Waals surface area contributed by atoms with Gasteiger partial charge in [-0.05, 0) is 56.2 Å². The minimum atomic E-state index is -0.622.